The molecule has 0 aliphatic carbocycles. The fourth-order valence-corrected chi connectivity index (χ4v) is 5.07. The van der Waals surface area contributed by atoms with Crippen molar-refractivity contribution in [3.8, 4) is 17.3 Å². The van der Waals surface area contributed by atoms with E-state index in [2.05, 4.69) is 64.0 Å². The molecular formula is C32H22N4O. The SMILES string of the molecule is C=Cc1ccc2c(c1)c1cc(C=C)ccc1n2-c1cncc(N2c3ccccc3Oc3ccccc32)n1. The summed E-state index contributed by atoms with van der Waals surface area (Å²) in [4.78, 5) is 11.9. The lowest BCUT2D eigenvalue weighted by Gasteiger charge is -2.31. The van der Waals surface area contributed by atoms with Crippen LogP contribution in [0.5, 0.6) is 11.5 Å². The summed E-state index contributed by atoms with van der Waals surface area (Å²) >= 11 is 0. The van der Waals surface area contributed by atoms with Gasteiger partial charge in [0.2, 0.25) is 0 Å². The lowest BCUT2D eigenvalue weighted by atomic mass is 10.1. The Morgan fingerprint density at radius 1 is 0.649 bits per heavy atom. The van der Waals surface area contributed by atoms with Crippen molar-refractivity contribution in [2.45, 2.75) is 0 Å². The van der Waals surface area contributed by atoms with Gasteiger partial charge in [0.1, 0.15) is 0 Å². The van der Waals surface area contributed by atoms with Crippen LogP contribution in [-0.4, -0.2) is 14.5 Å². The number of hydrogen-bond donors (Lipinski definition) is 0. The van der Waals surface area contributed by atoms with Gasteiger partial charge in [0.15, 0.2) is 23.1 Å². The van der Waals surface area contributed by atoms with E-state index in [0.717, 1.165) is 61.6 Å². The Bertz CT molecular complexity index is 1760. The molecule has 0 spiro atoms. The smallest absolute Gasteiger partial charge is 0.158 e. The third-order valence-electron chi connectivity index (χ3n) is 6.78. The number of benzene rings is 4. The summed E-state index contributed by atoms with van der Waals surface area (Å²) in [5.74, 6) is 3.00. The average molecular weight is 479 g/mol. The van der Waals surface area contributed by atoms with E-state index in [-0.39, 0.29) is 0 Å². The molecule has 0 radical (unpaired) electrons. The van der Waals surface area contributed by atoms with Crippen molar-refractivity contribution in [2.24, 2.45) is 0 Å². The van der Waals surface area contributed by atoms with Crippen LogP contribution >= 0.6 is 0 Å². The van der Waals surface area contributed by atoms with Crippen molar-refractivity contribution in [3.05, 3.63) is 122 Å². The lowest BCUT2D eigenvalue weighted by Crippen LogP contribution is -2.17. The summed E-state index contributed by atoms with van der Waals surface area (Å²) in [6.07, 6.45) is 7.34. The molecule has 0 saturated carbocycles. The van der Waals surface area contributed by atoms with Crippen LogP contribution in [0.1, 0.15) is 11.1 Å². The van der Waals surface area contributed by atoms with Crippen LogP contribution in [0, 0.1) is 0 Å². The number of hydrogen-bond acceptors (Lipinski definition) is 4. The van der Waals surface area contributed by atoms with Crippen molar-refractivity contribution in [3.63, 3.8) is 0 Å². The maximum absolute atomic E-state index is 6.18. The first kappa shape index (κ1) is 21.1. The molecule has 0 amide bonds. The fourth-order valence-electron chi connectivity index (χ4n) is 5.07. The first-order valence-electron chi connectivity index (χ1n) is 12.1. The molecule has 5 heteroatoms. The van der Waals surface area contributed by atoms with Crippen LogP contribution in [-0.2, 0) is 0 Å². The zero-order valence-electron chi connectivity index (χ0n) is 20.0. The van der Waals surface area contributed by atoms with Gasteiger partial charge in [-0.1, -0.05) is 61.7 Å². The fraction of sp³-hybridized carbons (Fsp3) is 0. The Kier molecular flexibility index (Phi) is 4.69. The highest BCUT2D eigenvalue weighted by Crippen LogP contribution is 2.49. The number of ether oxygens (including phenoxy) is 1. The van der Waals surface area contributed by atoms with Gasteiger partial charge in [0.05, 0.1) is 34.8 Å². The van der Waals surface area contributed by atoms with Crippen molar-refractivity contribution < 1.29 is 4.74 Å². The van der Waals surface area contributed by atoms with Gasteiger partial charge >= 0.3 is 0 Å². The maximum Gasteiger partial charge on any atom is 0.158 e. The monoisotopic (exact) mass is 478 g/mol. The van der Waals surface area contributed by atoms with E-state index in [4.69, 9.17) is 9.72 Å². The van der Waals surface area contributed by atoms with Gasteiger partial charge in [0, 0.05) is 10.8 Å². The highest BCUT2D eigenvalue weighted by molar-refractivity contribution is 6.10. The number of aromatic nitrogens is 3. The van der Waals surface area contributed by atoms with E-state index in [9.17, 15) is 0 Å². The summed E-state index contributed by atoms with van der Waals surface area (Å²) < 4.78 is 8.35. The van der Waals surface area contributed by atoms with Gasteiger partial charge in [0.25, 0.3) is 0 Å². The van der Waals surface area contributed by atoms with Crippen molar-refractivity contribution in [1.29, 1.82) is 0 Å². The normalized spacial score (nSPS) is 12.2. The maximum atomic E-state index is 6.18. The van der Waals surface area contributed by atoms with Crippen LogP contribution in [0.3, 0.4) is 0 Å². The van der Waals surface area contributed by atoms with E-state index in [1.54, 1.807) is 6.20 Å². The molecule has 5 nitrogen and oxygen atoms in total. The third-order valence-corrected chi connectivity index (χ3v) is 6.78. The molecule has 0 unspecified atom stereocenters. The van der Waals surface area contributed by atoms with Crippen LogP contribution < -0.4 is 9.64 Å². The molecule has 3 heterocycles. The van der Waals surface area contributed by atoms with Gasteiger partial charge < -0.3 is 4.74 Å². The Labute approximate surface area is 214 Å². The number of para-hydroxylation sites is 4. The van der Waals surface area contributed by atoms with Crippen LogP contribution in [0.15, 0.2) is 110 Å². The van der Waals surface area contributed by atoms with Crippen molar-refractivity contribution in [1.82, 2.24) is 14.5 Å². The molecule has 0 atom stereocenters. The summed E-state index contributed by atoms with van der Waals surface area (Å²) in [6.45, 7) is 7.91. The zero-order chi connectivity index (χ0) is 24.9. The van der Waals surface area contributed by atoms with Crippen LogP contribution in [0.25, 0.3) is 39.8 Å². The van der Waals surface area contributed by atoms with Crippen molar-refractivity contribution in [2.75, 3.05) is 4.90 Å². The molecular weight excluding hydrogens is 456 g/mol. The zero-order valence-corrected chi connectivity index (χ0v) is 20.0. The summed E-state index contributed by atoms with van der Waals surface area (Å²) in [5, 5.41) is 2.26. The lowest BCUT2D eigenvalue weighted by molar-refractivity contribution is 0.476. The number of anilines is 3. The molecule has 0 bridgehead atoms. The van der Waals surface area contributed by atoms with Gasteiger partial charge in [-0.05, 0) is 59.7 Å². The minimum Gasteiger partial charge on any atom is -0.453 e. The molecule has 0 saturated heterocycles. The second kappa shape index (κ2) is 8.21. The number of nitrogens with zero attached hydrogens (tertiary/aromatic N) is 4. The Morgan fingerprint density at radius 2 is 1.19 bits per heavy atom. The topological polar surface area (TPSA) is 43.2 Å². The molecule has 6 aromatic rings. The van der Waals surface area contributed by atoms with E-state index < -0.39 is 0 Å². The molecule has 0 N–H and O–H groups in total. The predicted octanol–water partition coefficient (Wildman–Crippen LogP) is 8.44. The largest absolute Gasteiger partial charge is 0.453 e. The molecule has 37 heavy (non-hydrogen) atoms. The first-order chi connectivity index (χ1) is 18.2. The summed E-state index contributed by atoms with van der Waals surface area (Å²) in [7, 11) is 0. The van der Waals surface area contributed by atoms with Gasteiger partial charge in [-0.15, -0.1) is 0 Å². The van der Waals surface area contributed by atoms with E-state index in [1.807, 2.05) is 66.9 Å². The molecule has 2 aromatic heterocycles. The highest BCUT2D eigenvalue weighted by atomic mass is 16.5. The minimum absolute atomic E-state index is 0.709. The van der Waals surface area contributed by atoms with Gasteiger partial charge in [-0.2, -0.15) is 0 Å². The second-order valence-electron chi connectivity index (χ2n) is 8.91. The molecule has 7 rings (SSSR count). The van der Waals surface area contributed by atoms with Gasteiger partial charge in [-0.3, -0.25) is 14.5 Å². The van der Waals surface area contributed by atoms with Crippen LogP contribution in [0.4, 0.5) is 17.2 Å². The predicted molar refractivity (Wildman–Crippen MR) is 151 cm³/mol. The third kappa shape index (κ3) is 3.25. The summed E-state index contributed by atoms with van der Waals surface area (Å²) in [5.41, 5.74) is 6.07. The quantitative estimate of drug-likeness (QED) is 0.255. The number of rotatable bonds is 4. The summed E-state index contributed by atoms with van der Waals surface area (Å²) in [6, 6.07) is 28.7. The minimum atomic E-state index is 0.709. The molecule has 1 aliphatic rings. The highest BCUT2D eigenvalue weighted by Gasteiger charge is 2.27. The molecule has 0 fully saturated rings. The van der Waals surface area contributed by atoms with E-state index >= 15 is 0 Å². The number of fused-ring (bicyclic) bond motifs is 5. The molecule has 176 valence electrons. The Hall–Kier alpha value is -5.16. The molecule has 1 aliphatic heterocycles. The second-order valence-corrected chi connectivity index (χ2v) is 8.91. The van der Waals surface area contributed by atoms with E-state index in [0.29, 0.717) is 5.82 Å². The van der Waals surface area contributed by atoms with E-state index in [1.165, 1.54) is 0 Å². The van der Waals surface area contributed by atoms with Crippen molar-refractivity contribution >= 4 is 51.2 Å². The average Bonchev–Trinajstić information content (AvgIpc) is 3.28. The Morgan fingerprint density at radius 3 is 1.76 bits per heavy atom. The Balaban J connectivity index is 1.48. The molecule has 4 aromatic carbocycles. The standard InChI is InChI=1S/C32H22N4O/c1-3-21-13-15-25-23(17-21)24-18-22(4-2)14-16-26(24)35(25)31-19-33-20-32(34-31)36-27-9-5-7-11-29(27)37-30-12-8-6-10-28(30)36/h3-20H,1-2H2. The van der Waals surface area contributed by atoms with Crippen LogP contribution in [0.2, 0.25) is 0 Å². The first-order valence-corrected chi connectivity index (χ1v) is 12.1. The van der Waals surface area contributed by atoms with Gasteiger partial charge in [-0.25, -0.2) is 4.98 Å².